The summed E-state index contributed by atoms with van der Waals surface area (Å²) in [4.78, 5) is 16.8. The summed E-state index contributed by atoms with van der Waals surface area (Å²) in [6.45, 7) is 6.62. The molecule has 3 aliphatic heterocycles. The molecule has 3 atom stereocenters. The molecule has 0 bridgehead atoms. The number of methoxy groups -OCH3 is 2. The molecule has 8 heteroatoms. The molecular weight excluding hydrogens is 432 g/mol. The fraction of sp³-hybridized carbons (Fsp3) is 0.462. The molecule has 1 fully saturated rings. The fourth-order valence-electron chi connectivity index (χ4n) is 5.46. The number of amides is 1. The minimum Gasteiger partial charge on any atom is -0.493 e. The van der Waals surface area contributed by atoms with Crippen molar-refractivity contribution in [1.82, 2.24) is 10.3 Å². The van der Waals surface area contributed by atoms with Crippen LogP contribution in [0.1, 0.15) is 31.7 Å². The quantitative estimate of drug-likeness (QED) is 0.747. The van der Waals surface area contributed by atoms with Crippen LogP contribution in [0.25, 0.3) is 11.1 Å². The second-order valence-electron chi connectivity index (χ2n) is 9.45. The Morgan fingerprint density at radius 2 is 1.91 bits per heavy atom. The molecule has 3 heterocycles. The van der Waals surface area contributed by atoms with E-state index >= 15 is 0 Å². The van der Waals surface area contributed by atoms with E-state index in [1.165, 1.54) is 5.56 Å². The van der Waals surface area contributed by atoms with Crippen LogP contribution in [-0.2, 0) is 4.79 Å². The standard InChI is InChI=1S/C26H32N4O4/c1-15-13-29(3)9-8-18(15)20-11-21-23(34-14-25-27-28-26(31)16(2)30(21)25)12-19(20)17-6-7-22(32-4)24(10-17)33-5/h6-7,10-12,15-16,18H,8-9,13-14H2,1-5H3,(H,28,31)/t15-,16+,18+/m0/s1. The lowest BCUT2D eigenvalue weighted by atomic mass is 9.78. The van der Waals surface area contributed by atoms with E-state index < -0.39 is 0 Å². The van der Waals surface area contributed by atoms with Gasteiger partial charge in [-0.05, 0) is 79.7 Å². The van der Waals surface area contributed by atoms with Crippen LogP contribution in [-0.4, -0.2) is 63.6 Å². The van der Waals surface area contributed by atoms with E-state index in [4.69, 9.17) is 14.2 Å². The predicted molar refractivity (Wildman–Crippen MR) is 132 cm³/mol. The molecule has 0 unspecified atom stereocenters. The Morgan fingerprint density at radius 1 is 1.12 bits per heavy atom. The van der Waals surface area contributed by atoms with Crippen LogP contribution in [0.2, 0.25) is 0 Å². The van der Waals surface area contributed by atoms with Crippen LogP contribution in [0, 0.1) is 5.92 Å². The molecule has 0 aliphatic carbocycles. The number of carbonyl (C=O) groups is 1. The Kier molecular flexibility index (Phi) is 5.85. The zero-order valence-electron chi connectivity index (χ0n) is 20.4. The second-order valence-corrected chi connectivity index (χ2v) is 9.45. The lowest BCUT2D eigenvalue weighted by Crippen LogP contribution is -2.55. The van der Waals surface area contributed by atoms with Crippen LogP contribution in [0.4, 0.5) is 5.69 Å². The number of nitrogens with zero attached hydrogens (tertiary/aromatic N) is 3. The summed E-state index contributed by atoms with van der Waals surface area (Å²) < 4.78 is 17.2. The van der Waals surface area contributed by atoms with Crippen molar-refractivity contribution >= 4 is 17.4 Å². The number of nitrogens with one attached hydrogen (secondary N) is 1. The summed E-state index contributed by atoms with van der Waals surface area (Å²) in [6, 6.07) is 10.0. The summed E-state index contributed by atoms with van der Waals surface area (Å²) in [5.41, 5.74) is 6.94. The van der Waals surface area contributed by atoms with Gasteiger partial charge < -0.3 is 24.0 Å². The molecular formula is C26H32N4O4. The molecule has 2 aromatic carbocycles. The highest BCUT2D eigenvalue weighted by atomic mass is 16.5. The lowest BCUT2D eigenvalue weighted by Gasteiger charge is -2.40. The number of anilines is 1. The minimum atomic E-state index is -0.357. The summed E-state index contributed by atoms with van der Waals surface area (Å²) in [7, 11) is 5.48. The summed E-state index contributed by atoms with van der Waals surface area (Å²) in [6.07, 6.45) is 1.06. The lowest BCUT2D eigenvalue weighted by molar-refractivity contribution is -0.122. The number of amidine groups is 1. The average Bonchev–Trinajstić information content (AvgIpc) is 2.84. The molecule has 34 heavy (non-hydrogen) atoms. The maximum absolute atomic E-state index is 12.4. The Morgan fingerprint density at radius 3 is 2.65 bits per heavy atom. The molecule has 1 amide bonds. The highest BCUT2D eigenvalue weighted by Gasteiger charge is 2.37. The number of hydrogen-bond acceptors (Lipinski definition) is 7. The van der Waals surface area contributed by atoms with Crippen molar-refractivity contribution in [2.45, 2.75) is 32.2 Å². The normalized spacial score (nSPS) is 24.4. The first-order valence-electron chi connectivity index (χ1n) is 11.8. The first kappa shape index (κ1) is 22.5. The molecule has 8 nitrogen and oxygen atoms in total. The first-order valence-corrected chi connectivity index (χ1v) is 11.8. The van der Waals surface area contributed by atoms with Crippen LogP contribution in [0.15, 0.2) is 35.4 Å². The van der Waals surface area contributed by atoms with E-state index in [1.54, 1.807) is 14.2 Å². The number of hydrogen-bond donors (Lipinski definition) is 1. The monoisotopic (exact) mass is 464 g/mol. The van der Waals surface area contributed by atoms with Gasteiger partial charge in [-0.1, -0.05) is 13.0 Å². The smallest absolute Gasteiger partial charge is 0.262 e. The van der Waals surface area contributed by atoms with Gasteiger partial charge in [0.2, 0.25) is 0 Å². The molecule has 1 saturated heterocycles. The largest absolute Gasteiger partial charge is 0.493 e. The first-order chi connectivity index (χ1) is 16.4. The van der Waals surface area contributed by atoms with Crippen LogP contribution in [0.5, 0.6) is 17.2 Å². The van der Waals surface area contributed by atoms with Gasteiger partial charge in [0, 0.05) is 6.54 Å². The van der Waals surface area contributed by atoms with E-state index in [-0.39, 0.29) is 11.9 Å². The molecule has 1 N–H and O–H groups in total. The predicted octanol–water partition coefficient (Wildman–Crippen LogP) is 3.46. The number of piperidine rings is 1. The van der Waals surface area contributed by atoms with E-state index in [1.807, 2.05) is 24.0 Å². The van der Waals surface area contributed by atoms with Gasteiger partial charge in [0.15, 0.2) is 17.3 Å². The van der Waals surface area contributed by atoms with Crippen LogP contribution in [0.3, 0.4) is 0 Å². The van der Waals surface area contributed by atoms with Gasteiger partial charge in [0.1, 0.15) is 18.4 Å². The van der Waals surface area contributed by atoms with E-state index in [9.17, 15) is 4.79 Å². The van der Waals surface area contributed by atoms with Gasteiger partial charge in [-0.15, -0.1) is 0 Å². The number of ether oxygens (including phenoxy) is 3. The average molecular weight is 465 g/mol. The van der Waals surface area contributed by atoms with E-state index in [2.05, 4.69) is 47.6 Å². The van der Waals surface area contributed by atoms with E-state index in [0.717, 1.165) is 47.9 Å². The van der Waals surface area contributed by atoms with Crippen LogP contribution < -0.4 is 24.5 Å². The Balaban J connectivity index is 1.68. The molecule has 3 aliphatic rings. The molecule has 5 rings (SSSR count). The maximum Gasteiger partial charge on any atom is 0.262 e. The van der Waals surface area contributed by atoms with Gasteiger partial charge in [-0.3, -0.25) is 4.79 Å². The van der Waals surface area contributed by atoms with Gasteiger partial charge in [0.25, 0.3) is 5.91 Å². The number of benzene rings is 2. The maximum atomic E-state index is 12.4. The van der Waals surface area contributed by atoms with Crippen molar-refractivity contribution in [3.63, 3.8) is 0 Å². The van der Waals surface area contributed by atoms with Crippen LogP contribution >= 0.6 is 0 Å². The highest BCUT2D eigenvalue weighted by Crippen LogP contribution is 2.46. The third-order valence-electron chi connectivity index (χ3n) is 7.29. The Bertz CT molecular complexity index is 1150. The highest BCUT2D eigenvalue weighted by molar-refractivity contribution is 6.09. The van der Waals surface area contributed by atoms with Crippen molar-refractivity contribution in [2.24, 2.45) is 11.0 Å². The number of fused-ring (bicyclic) bond motifs is 3. The second kappa shape index (κ2) is 8.83. The van der Waals surface area contributed by atoms with Gasteiger partial charge in [0.05, 0.1) is 19.9 Å². The SMILES string of the molecule is COc1ccc(-c2cc3c(cc2[C@@H]2CCN(C)C[C@@H]2C)N2C(=NNC(=O)[C@H]2C)CO3)cc1OC. The van der Waals surface area contributed by atoms with Crippen molar-refractivity contribution < 1.29 is 19.0 Å². The zero-order valence-corrected chi connectivity index (χ0v) is 20.4. The molecule has 2 aromatic rings. The number of likely N-dealkylation sites (tertiary alicyclic amines) is 1. The molecule has 180 valence electrons. The molecule has 0 saturated carbocycles. The summed E-state index contributed by atoms with van der Waals surface area (Å²) in [5, 5.41) is 4.25. The van der Waals surface area contributed by atoms with Crippen molar-refractivity contribution in [1.29, 1.82) is 0 Å². The molecule has 0 spiro atoms. The fourth-order valence-corrected chi connectivity index (χ4v) is 5.46. The third kappa shape index (κ3) is 3.76. The Hall–Kier alpha value is -3.26. The number of carbonyl (C=O) groups excluding carboxylic acids is 1. The van der Waals surface area contributed by atoms with Crippen molar-refractivity contribution in [2.75, 3.05) is 45.9 Å². The van der Waals surface area contributed by atoms with Gasteiger partial charge >= 0.3 is 0 Å². The topological polar surface area (TPSA) is 75.6 Å². The summed E-state index contributed by atoms with van der Waals surface area (Å²) in [5.74, 6) is 3.61. The van der Waals surface area contributed by atoms with Crippen molar-refractivity contribution in [3.05, 3.63) is 35.9 Å². The van der Waals surface area contributed by atoms with Gasteiger partial charge in [-0.2, -0.15) is 5.10 Å². The third-order valence-corrected chi connectivity index (χ3v) is 7.29. The molecule has 0 radical (unpaired) electrons. The Labute approximate surface area is 200 Å². The molecule has 0 aromatic heterocycles. The minimum absolute atomic E-state index is 0.116. The summed E-state index contributed by atoms with van der Waals surface area (Å²) >= 11 is 0. The number of hydrazone groups is 1. The number of rotatable bonds is 4. The van der Waals surface area contributed by atoms with Crippen molar-refractivity contribution in [3.8, 4) is 28.4 Å². The zero-order chi connectivity index (χ0) is 24.0. The van der Waals surface area contributed by atoms with E-state index in [0.29, 0.717) is 29.9 Å². The van der Waals surface area contributed by atoms with Gasteiger partial charge in [-0.25, -0.2) is 5.43 Å².